The number of aryl methyl sites for hydroxylation is 2. The van der Waals surface area contributed by atoms with Crippen LogP contribution < -0.4 is 0 Å². The number of halogens is 1. The summed E-state index contributed by atoms with van der Waals surface area (Å²) in [6.45, 7) is 4.16. The van der Waals surface area contributed by atoms with Gasteiger partial charge in [0.15, 0.2) is 0 Å². The van der Waals surface area contributed by atoms with Crippen LogP contribution in [0.3, 0.4) is 0 Å². The Morgan fingerprint density at radius 1 is 1.55 bits per heavy atom. The van der Waals surface area contributed by atoms with Crippen molar-refractivity contribution in [3.8, 4) is 0 Å². The smallest absolute Gasteiger partial charge is 0.0650 e. The maximum atomic E-state index is 5.70. The summed E-state index contributed by atoms with van der Waals surface area (Å²) in [4.78, 5) is 4.24. The van der Waals surface area contributed by atoms with Crippen molar-refractivity contribution in [1.29, 1.82) is 0 Å². The van der Waals surface area contributed by atoms with Gasteiger partial charge in [-0.25, -0.2) is 0 Å². The molecule has 0 saturated heterocycles. The van der Waals surface area contributed by atoms with E-state index < -0.39 is 0 Å². The molecule has 0 N–H and O–H groups in total. The summed E-state index contributed by atoms with van der Waals surface area (Å²) in [5.74, 6) is 0.517. The van der Waals surface area contributed by atoms with Gasteiger partial charge < -0.3 is 0 Å². The first-order valence-corrected chi connectivity index (χ1v) is 4.31. The van der Waals surface area contributed by atoms with Gasteiger partial charge in [0.25, 0.3) is 0 Å². The highest BCUT2D eigenvalue weighted by Gasteiger charge is 1.99. The van der Waals surface area contributed by atoms with Gasteiger partial charge in [-0.3, -0.25) is 4.98 Å². The molecule has 1 heterocycles. The van der Waals surface area contributed by atoms with Crippen molar-refractivity contribution in [3.63, 3.8) is 0 Å². The van der Waals surface area contributed by atoms with Crippen molar-refractivity contribution in [1.82, 2.24) is 4.98 Å². The van der Waals surface area contributed by atoms with E-state index in [0.717, 1.165) is 12.1 Å². The molecule has 60 valence electrons. The monoisotopic (exact) mass is 169 g/mol. The normalized spacial score (nSPS) is 10.1. The molecule has 2 heteroatoms. The van der Waals surface area contributed by atoms with Crippen LogP contribution in [0.25, 0.3) is 0 Å². The van der Waals surface area contributed by atoms with Crippen molar-refractivity contribution in [2.24, 2.45) is 0 Å². The lowest BCUT2D eigenvalue weighted by atomic mass is 10.1. The molecule has 0 bridgehead atoms. The van der Waals surface area contributed by atoms with Crippen LogP contribution in [0.2, 0.25) is 0 Å². The molecule has 0 amide bonds. The quantitative estimate of drug-likeness (QED) is 0.621. The molecule has 0 aromatic carbocycles. The summed E-state index contributed by atoms with van der Waals surface area (Å²) in [6.07, 6.45) is 2.87. The van der Waals surface area contributed by atoms with E-state index in [1.54, 1.807) is 0 Å². The lowest BCUT2D eigenvalue weighted by molar-refractivity contribution is 1.02. The molecule has 11 heavy (non-hydrogen) atoms. The molecule has 0 spiro atoms. The minimum atomic E-state index is 0.517. The molecule has 1 aromatic heterocycles. The Kier molecular flexibility index (Phi) is 2.89. The van der Waals surface area contributed by atoms with E-state index in [2.05, 4.69) is 18.0 Å². The molecule has 0 aliphatic rings. The van der Waals surface area contributed by atoms with Crippen LogP contribution >= 0.6 is 11.6 Å². The second-order valence-corrected chi connectivity index (χ2v) is 2.87. The number of aromatic nitrogens is 1. The van der Waals surface area contributed by atoms with Gasteiger partial charge in [0.1, 0.15) is 0 Å². The van der Waals surface area contributed by atoms with Gasteiger partial charge in [-0.2, -0.15) is 0 Å². The third-order valence-corrected chi connectivity index (χ3v) is 1.96. The molecular formula is C9H12ClN. The fourth-order valence-electron chi connectivity index (χ4n) is 1.08. The van der Waals surface area contributed by atoms with Crippen LogP contribution in [0.1, 0.15) is 23.7 Å². The van der Waals surface area contributed by atoms with E-state index >= 15 is 0 Å². The molecule has 0 aliphatic heterocycles. The van der Waals surface area contributed by atoms with Gasteiger partial charge in [0, 0.05) is 6.20 Å². The van der Waals surface area contributed by atoms with E-state index in [4.69, 9.17) is 11.6 Å². The van der Waals surface area contributed by atoms with Gasteiger partial charge in [0.2, 0.25) is 0 Å². The fraction of sp³-hybridized carbons (Fsp3) is 0.444. The van der Waals surface area contributed by atoms with Crippen LogP contribution in [0.4, 0.5) is 0 Å². The molecule has 0 atom stereocenters. The molecule has 1 nitrogen and oxygen atoms in total. The maximum absolute atomic E-state index is 5.70. The minimum Gasteiger partial charge on any atom is -0.259 e. The largest absolute Gasteiger partial charge is 0.259 e. The number of hydrogen-bond donors (Lipinski definition) is 0. The molecule has 0 saturated carbocycles. The zero-order valence-corrected chi connectivity index (χ0v) is 7.65. The predicted molar refractivity (Wildman–Crippen MR) is 47.9 cm³/mol. The first kappa shape index (κ1) is 8.54. The Labute approximate surface area is 72.4 Å². The Balaban J connectivity index is 3.06. The fourth-order valence-corrected chi connectivity index (χ4v) is 1.33. The first-order chi connectivity index (χ1) is 5.27. The van der Waals surface area contributed by atoms with Gasteiger partial charge in [-0.15, -0.1) is 11.6 Å². The maximum Gasteiger partial charge on any atom is 0.0650 e. The van der Waals surface area contributed by atoms with E-state index in [-0.39, 0.29) is 0 Å². The summed E-state index contributed by atoms with van der Waals surface area (Å²) in [7, 11) is 0. The second-order valence-electron chi connectivity index (χ2n) is 2.61. The third kappa shape index (κ3) is 1.93. The van der Waals surface area contributed by atoms with Gasteiger partial charge in [-0.05, 0) is 24.5 Å². The van der Waals surface area contributed by atoms with E-state index in [0.29, 0.717) is 5.88 Å². The Hall–Kier alpha value is -0.560. The predicted octanol–water partition coefficient (Wildman–Crippen LogP) is 2.69. The van der Waals surface area contributed by atoms with Gasteiger partial charge >= 0.3 is 0 Å². The van der Waals surface area contributed by atoms with Crippen molar-refractivity contribution in [3.05, 3.63) is 29.1 Å². The average molecular weight is 170 g/mol. The summed E-state index contributed by atoms with van der Waals surface area (Å²) >= 11 is 5.70. The van der Waals surface area contributed by atoms with Gasteiger partial charge in [0.05, 0.1) is 11.6 Å². The van der Waals surface area contributed by atoms with E-state index in [9.17, 15) is 0 Å². The van der Waals surface area contributed by atoms with E-state index in [1.807, 2.05) is 13.1 Å². The number of pyridine rings is 1. The number of nitrogens with zero attached hydrogens (tertiary/aromatic N) is 1. The molecule has 0 unspecified atom stereocenters. The lowest BCUT2D eigenvalue weighted by Crippen LogP contribution is -1.94. The number of rotatable bonds is 2. The van der Waals surface area contributed by atoms with E-state index in [1.165, 1.54) is 11.1 Å². The highest BCUT2D eigenvalue weighted by atomic mass is 35.5. The standard InChI is InChI=1S/C9H12ClN/c1-3-8-4-7(2)6-11-9(8)5-10/h4,6H,3,5H2,1-2H3. The summed E-state index contributed by atoms with van der Waals surface area (Å²) in [6, 6.07) is 2.14. The third-order valence-electron chi connectivity index (χ3n) is 1.70. The Morgan fingerprint density at radius 3 is 2.82 bits per heavy atom. The summed E-state index contributed by atoms with van der Waals surface area (Å²) in [5.41, 5.74) is 3.48. The van der Waals surface area contributed by atoms with Gasteiger partial charge in [-0.1, -0.05) is 13.0 Å². The lowest BCUT2D eigenvalue weighted by Gasteiger charge is -2.03. The first-order valence-electron chi connectivity index (χ1n) is 3.78. The van der Waals surface area contributed by atoms with Crippen molar-refractivity contribution >= 4 is 11.6 Å². The number of alkyl halides is 1. The molecule has 0 radical (unpaired) electrons. The van der Waals surface area contributed by atoms with Crippen LogP contribution in [0, 0.1) is 6.92 Å². The average Bonchev–Trinajstić information content (AvgIpc) is 2.04. The van der Waals surface area contributed by atoms with Crippen LogP contribution in [0.15, 0.2) is 12.3 Å². The van der Waals surface area contributed by atoms with Crippen LogP contribution in [-0.4, -0.2) is 4.98 Å². The van der Waals surface area contributed by atoms with Crippen molar-refractivity contribution < 1.29 is 0 Å². The highest BCUT2D eigenvalue weighted by molar-refractivity contribution is 6.17. The summed E-state index contributed by atoms with van der Waals surface area (Å²) in [5, 5.41) is 0. The molecule has 1 aromatic rings. The minimum absolute atomic E-state index is 0.517. The Morgan fingerprint density at radius 2 is 2.27 bits per heavy atom. The second kappa shape index (κ2) is 3.72. The zero-order valence-electron chi connectivity index (χ0n) is 6.89. The molecule has 0 aliphatic carbocycles. The van der Waals surface area contributed by atoms with Crippen LogP contribution in [0.5, 0.6) is 0 Å². The van der Waals surface area contributed by atoms with Crippen LogP contribution in [-0.2, 0) is 12.3 Å². The zero-order chi connectivity index (χ0) is 8.27. The molecule has 0 fully saturated rings. The molecule has 1 rings (SSSR count). The highest BCUT2D eigenvalue weighted by Crippen LogP contribution is 2.10. The number of hydrogen-bond acceptors (Lipinski definition) is 1. The molecular weight excluding hydrogens is 158 g/mol. The topological polar surface area (TPSA) is 12.9 Å². The van der Waals surface area contributed by atoms with Crippen molar-refractivity contribution in [2.75, 3.05) is 0 Å². The Bertz CT molecular complexity index is 245. The van der Waals surface area contributed by atoms with Crippen molar-refractivity contribution in [2.45, 2.75) is 26.1 Å². The summed E-state index contributed by atoms with van der Waals surface area (Å²) < 4.78 is 0. The SMILES string of the molecule is CCc1cc(C)cnc1CCl.